The Morgan fingerprint density at radius 3 is 1.86 bits per heavy atom. The van der Waals surface area contributed by atoms with Gasteiger partial charge in [-0.25, -0.2) is 0 Å². The van der Waals surface area contributed by atoms with Crippen molar-refractivity contribution in [2.75, 3.05) is 26.3 Å². The van der Waals surface area contributed by atoms with E-state index in [4.69, 9.17) is 4.74 Å². The van der Waals surface area contributed by atoms with Crippen molar-refractivity contribution in [3.05, 3.63) is 30.1 Å². The van der Waals surface area contributed by atoms with Crippen LogP contribution < -0.4 is 0 Å². The number of rotatable bonds is 2. The zero-order valence-corrected chi connectivity index (χ0v) is 15.5. The minimum absolute atomic E-state index is 0. The van der Waals surface area contributed by atoms with Gasteiger partial charge in [-0.2, -0.15) is 0 Å². The number of pyridine rings is 1. The van der Waals surface area contributed by atoms with Crippen molar-refractivity contribution >= 4 is 0 Å². The van der Waals surface area contributed by atoms with Crippen LogP contribution in [0.3, 0.4) is 0 Å². The predicted octanol–water partition coefficient (Wildman–Crippen LogP) is 4.84. The van der Waals surface area contributed by atoms with E-state index >= 15 is 0 Å². The van der Waals surface area contributed by atoms with Crippen LogP contribution in [-0.2, 0) is 37.4 Å². The van der Waals surface area contributed by atoms with Crippen LogP contribution in [0.4, 0.5) is 0 Å². The molecule has 1 radical (unpaired) electrons. The van der Waals surface area contributed by atoms with Crippen LogP contribution in [0.2, 0.25) is 0 Å². The Morgan fingerprint density at radius 2 is 1.59 bits per heavy atom. The number of hydrogen-bond acceptors (Lipinski definition) is 3. The van der Waals surface area contributed by atoms with Crippen LogP contribution in [0, 0.1) is 0 Å². The fourth-order valence-electron chi connectivity index (χ4n) is 1.81. The molecule has 1 aromatic heterocycles. The van der Waals surface area contributed by atoms with Crippen LogP contribution in [0.1, 0.15) is 61.5 Å². The Morgan fingerprint density at radius 1 is 1.05 bits per heavy atom. The second-order valence-corrected chi connectivity index (χ2v) is 5.18. The van der Waals surface area contributed by atoms with Crippen LogP contribution in [0.5, 0.6) is 0 Å². The summed E-state index contributed by atoms with van der Waals surface area (Å²) in [5.74, 6) is 0.596. The third kappa shape index (κ3) is 12.7. The van der Waals surface area contributed by atoms with Crippen molar-refractivity contribution in [1.82, 2.24) is 9.88 Å². The van der Waals surface area contributed by atoms with E-state index in [0.717, 1.165) is 26.3 Å². The predicted molar refractivity (Wildman–Crippen MR) is 96.0 cm³/mol. The van der Waals surface area contributed by atoms with Gasteiger partial charge in [0.15, 0.2) is 0 Å². The first-order valence-corrected chi connectivity index (χ1v) is 6.83. The molecule has 0 bridgehead atoms. The smallest absolute Gasteiger partial charge is 0.0594 e. The summed E-state index contributed by atoms with van der Waals surface area (Å²) in [4.78, 5) is 6.44. The summed E-state index contributed by atoms with van der Waals surface area (Å²) in [7, 11) is 0. The summed E-state index contributed by atoms with van der Waals surface area (Å²) in [5.41, 5.74) is 1.30. The molecule has 0 N–H and O–H groups in total. The fraction of sp³-hybridized carbons (Fsp3) is 0.722. The Bertz CT molecular complexity index is 312. The van der Waals surface area contributed by atoms with Crippen molar-refractivity contribution in [2.45, 2.75) is 61.9 Å². The van der Waals surface area contributed by atoms with Crippen molar-refractivity contribution in [3.63, 3.8) is 0 Å². The van der Waals surface area contributed by atoms with Gasteiger partial charge in [0.2, 0.25) is 0 Å². The molecule has 0 saturated carbocycles. The zero-order valence-electron chi connectivity index (χ0n) is 12.7. The van der Waals surface area contributed by atoms with Crippen molar-refractivity contribution < 1.29 is 37.4 Å². The van der Waals surface area contributed by atoms with E-state index in [-0.39, 0.29) is 55.0 Å². The molecule has 0 unspecified atom stereocenters. The standard InChI is InChI=1S/C8H11N.C7H15NO.3CH4.Y/c1-7(2)8-4-3-5-9-6-8;1-7(2)8-3-5-9-6-4-8;;;;/h3-7H,1-2H3;7H,3-6H2,1-2H3;3*1H4;. The third-order valence-electron chi connectivity index (χ3n) is 3.13. The second-order valence-electron chi connectivity index (χ2n) is 5.18. The first-order valence-electron chi connectivity index (χ1n) is 6.83. The molecule has 1 fully saturated rings. The molecule has 1 aromatic rings. The molecule has 0 amide bonds. The topological polar surface area (TPSA) is 25.4 Å². The molecule has 0 aliphatic carbocycles. The van der Waals surface area contributed by atoms with Crippen LogP contribution >= 0.6 is 0 Å². The third-order valence-corrected chi connectivity index (χ3v) is 3.13. The molecule has 0 aromatic carbocycles. The molecule has 1 saturated heterocycles. The quantitative estimate of drug-likeness (QED) is 0.726. The fourth-order valence-corrected chi connectivity index (χ4v) is 1.81. The number of nitrogens with zero attached hydrogens (tertiary/aromatic N) is 2. The maximum atomic E-state index is 5.21. The largest absolute Gasteiger partial charge is 0.379 e. The van der Waals surface area contributed by atoms with Gasteiger partial charge in [-0.15, -0.1) is 0 Å². The Balaban J connectivity index is -0.000000125. The monoisotopic (exact) mass is 387 g/mol. The SMILES string of the molecule is C.C.C.CC(C)N1CCOCC1.CC(C)c1cccnc1.[Y]. The van der Waals surface area contributed by atoms with Gasteiger partial charge < -0.3 is 4.74 Å². The molecule has 129 valence electrons. The minimum Gasteiger partial charge on any atom is -0.379 e. The number of ether oxygens (including phenoxy) is 1. The summed E-state index contributed by atoms with van der Waals surface area (Å²) < 4.78 is 5.21. The zero-order chi connectivity index (χ0) is 13.4. The van der Waals surface area contributed by atoms with E-state index < -0.39 is 0 Å². The molecule has 1 aliphatic rings. The Kier molecular flexibility index (Phi) is 24.0. The number of morpholine rings is 1. The first kappa shape index (κ1) is 30.1. The Labute approximate surface area is 165 Å². The minimum atomic E-state index is 0. The molecule has 22 heavy (non-hydrogen) atoms. The summed E-state index contributed by atoms with van der Waals surface area (Å²) in [6.45, 7) is 12.8. The summed E-state index contributed by atoms with van der Waals surface area (Å²) in [5, 5.41) is 0. The maximum absolute atomic E-state index is 5.21. The van der Waals surface area contributed by atoms with Gasteiger partial charge in [0.1, 0.15) is 0 Å². The van der Waals surface area contributed by atoms with Crippen LogP contribution in [0.15, 0.2) is 24.5 Å². The molecule has 4 heteroatoms. The van der Waals surface area contributed by atoms with Gasteiger partial charge in [0, 0.05) is 64.2 Å². The molecule has 2 rings (SSSR count). The summed E-state index contributed by atoms with van der Waals surface area (Å²) in [6.07, 6.45) is 3.70. The molecular formula is C18H38N2OY. The molecule has 0 spiro atoms. The van der Waals surface area contributed by atoms with Crippen molar-refractivity contribution in [1.29, 1.82) is 0 Å². The van der Waals surface area contributed by atoms with E-state index in [1.165, 1.54) is 5.56 Å². The van der Waals surface area contributed by atoms with Gasteiger partial charge in [-0.1, -0.05) is 42.2 Å². The maximum Gasteiger partial charge on any atom is 0.0594 e. The average Bonchev–Trinajstić information content (AvgIpc) is 2.41. The van der Waals surface area contributed by atoms with E-state index in [2.05, 4.69) is 43.6 Å². The number of hydrogen-bond donors (Lipinski definition) is 0. The first-order chi connectivity index (χ1) is 8.61. The van der Waals surface area contributed by atoms with Gasteiger partial charge >= 0.3 is 0 Å². The summed E-state index contributed by atoms with van der Waals surface area (Å²) in [6, 6.07) is 4.75. The van der Waals surface area contributed by atoms with Crippen LogP contribution in [0.25, 0.3) is 0 Å². The van der Waals surface area contributed by atoms with Crippen molar-refractivity contribution in [3.8, 4) is 0 Å². The normalized spacial score (nSPS) is 13.5. The van der Waals surface area contributed by atoms with E-state index in [1.54, 1.807) is 6.20 Å². The molecular weight excluding hydrogens is 349 g/mol. The summed E-state index contributed by atoms with van der Waals surface area (Å²) >= 11 is 0. The van der Waals surface area contributed by atoms with E-state index in [0.29, 0.717) is 12.0 Å². The number of aromatic nitrogens is 1. The second kappa shape index (κ2) is 17.5. The molecule has 3 nitrogen and oxygen atoms in total. The van der Waals surface area contributed by atoms with Crippen LogP contribution in [-0.4, -0.2) is 42.2 Å². The van der Waals surface area contributed by atoms with E-state index in [1.807, 2.05) is 12.3 Å². The molecule has 2 heterocycles. The molecule has 1 aliphatic heterocycles. The van der Waals surface area contributed by atoms with Gasteiger partial charge in [0.25, 0.3) is 0 Å². The van der Waals surface area contributed by atoms with Gasteiger partial charge in [-0.3, -0.25) is 9.88 Å². The van der Waals surface area contributed by atoms with Gasteiger partial charge in [0.05, 0.1) is 13.2 Å². The average molecular weight is 387 g/mol. The van der Waals surface area contributed by atoms with Gasteiger partial charge in [-0.05, 0) is 31.4 Å². The Hall–Kier alpha value is 0.174. The van der Waals surface area contributed by atoms with E-state index in [9.17, 15) is 0 Å². The van der Waals surface area contributed by atoms with Crippen molar-refractivity contribution in [2.24, 2.45) is 0 Å². The molecule has 0 atom stereocenters.